The smallest absolute Gasteiger partial charge is 0.312 e. The van der Waals surface area contributed by atoms with Crippen molar-refractivity contribution < 1.29 is 19.9 Å². The summed E-state index contributed by atoms with van der Waals surface area (Å²) in [7, 11) is 1.36. The molecule has 0 unspecified atom stereocenters. The SMILES string of the molecule is COc1ccc(NCc2cccc(O)c2O)cc1[N+](=O)[O-]. The zero-order valence-corrected chi connectivity index (χ0v) is 11.2. The summed E-state index contributed by atoms with van der Waals surface area (Å²) in [5.41, 5.74) is 0.835. The van der Waals surface area contributed by atoms with Gasteiger partial charge in [-0.1, -0.05) is 12.1 Å². The van der Waals surface area contributed by atoms with Gasteiger partial charge in [-0.15, -0.1) is 0 Å². The zero-order chi connectivity index (χ0) is 15.4. The van der Waals surface area contributed by atoms with Gasteiger partial charge in [0.2, 0.25) is 0 Å². The van der Waals surface area contributed by atoms with Gasteiger partial charge in [-0.05, 0) is 18.2 Å². The van der Waals surface area contributed by atoms with E-state index >= 15 is 0 Å². The van der Waals surface area contributed by atoms with E-state index < -0.39 is 4.92 Å². The summed E-state index contributed by atoms with van der Waals surface area (Å²) in [4.78, 5) is 10.4. The Bertz CT molecular complexity index is 672. The van der Waals surface area contributed by atoms with Crippen molar-refractivity contribution in [3.8, 4) is 17.2 Å². The predicted octanol–water partition coefficient (Wildman–Crippen LogP) is 2.63. The van der Waals surface area contributed by atoms with Crippen LogP contribution in [0.25, 0.3) is 0 Å². The number of ether oxygens (including phenoxy) is 1. The van der Waals surface area contributed by atoms with E-state index in [-0.39, 0.29) is 29.5 Å². The fourth-order valence-corrected chi connectivity index (χ4v) is 1.86. The topological polar surface area (TPSA) is 105 Å². The normalized spacial score (nSPS) is 10.1. The Balaban J connectivity index is 2.19. The molecular weight excluding hydrogens is 276 g/mol. The summed E-state index contributed by atoms with van der Waals surface area (Å²) in [5.74, 6) is -0.256. The summed E-state index contributed by atoms with van der Waals surface area (Å²) in [6.07, 6.45) is 0. The molecule has 0 heterocycles. The zero-order valence-electron chi connectivity index (χ0n) is 11.2. The van der Waals surface area contributed by atoms with E-state index in [9.17, 15) is 20.3 Å². The third-order valence-electron chi connectivity index (χ3n) is 2.96. The molecule has 3 N–H and O–H groups in total. The standard InChI is InChI=1S/C14H14N2O5/c1-21-13-6-5-10(7-11(13)16(19)20)15-8-9-3-2-4-12(17)14(9)18/h2-7,15,17-18H,8H2,1H3. The van der Waals surface area contributed by atoms with E-state index in [1.54, 1.807) is 18.2 Å². The van der Waals surface area contributed by atoms with Crippen molar-refractivity contribution in [2.75, 3.05) is 12.4 Å². The Morgan fingerprint density at radius 2 is 2.05 bits per heavy atom. The van der Waals surface area contributed by atoms with Gasteiger partial charge >= 0.3 is 5.69 Å². The van der Waals surface area contributed by atoms with Crippen LogP contribution in [0.1, 0.15) is 5.56 Å². The number of rotatable bonds is 5. The number of nitrogens with zero attached hydrogens (tertiary/aromatic N) is 1. The average Bonchev–Trinajstić information content (AvgIpc) is 2.48. The van der Waals surface area contributed by atoms with Crippen molar-refractivity contribution >= 4 is 11.4 Å². The highest BCUT2D eigenvalue weighted by molar-refractivity contribution is 5.59. The molecule has 0 bridgehead atoms. The fraction of sp³-hybridized carbons (Fsp3) is 0.143. The van der Waals surface area contributed by atoms with E-state index in [2.05, 4.69) is 5.32 Å². The molecule has 0 aliphatic rings. The van der Waals surface area contributed by atoms with E-state index in [1.807, 2.05) is 0 Å². The molecule has 0 aliphatic heterocycles. The molecule has 0 amide bonds. The number of nitrogens with one attached hydrogen (secondary N) is 1. The van der Waals surface area contributed by atoms with Crippen LogP contribution in [0.3, 0.4) is 0 Å². The summed E-state index contributed by atoms with van der Waals surface area (Å²) >= 11 is 0. The van der Waals surface area contributed by atoms with E-state index in [1.165, 1.54) is 25.3 Å². The maximum Gasteiger partial charge on any atom is 0.312 e. The highest BCUT2D eigenvalue weighted by Gasteiger charge is 2.15. The first-order valence-electron chi connectivity index (χ1n) is 6.09. The van der Waals surface area contributed by atoms with Crippen LogP contribution in [-0.2, 0) is 6.54 Å². The molecule has 0 saturated heterocycles. The lowest BCUT2D eigenvalue weighted by molar-refractivity contribution is -0.385. The molecule has 0 saturated carbocycles. The third kappa shape index (κ3) is 3.14. The second-order valence-electron chi connectivity index (χ2n) is 4.28. The van der Waals surface area contributed by atoms with Crippen molar-refractivity contribution in [2.45, 2.75) is 6.54 Å². The second-order valence-corrected chi connectivity index (χ2v) is 4.28. The maximum atomic E-state index is 10.9. The number of aromatic hydroxyl groups is 2. The van der Waals surface area contributed by atoms with Gasteiger partial charge in [0.1, 0.15) is 0 Å². The lowest BCUT2D eigenvalue weighted by Crippen LogP contribution is -2.01. The molecule has 110 valence electrons. The van der Waals surface area contributed by atoms with Crippen molar-refractivity contribution in [3.05, 3.63) is 52.1 Å². The highest BCUT2D eigenvalue weighted by atomic mass is 16.6. The van der Waals surface area contributed by atoms with Gasteiger partial charge in [0.15, 0.2) is 17.2 Å². The van der Waals surface area contributed by atoms with Gasteiger partial charge in [-0.3, -0.25) is 10.1 Å². The monoisotopic (exact) mass is 290 g/mol. The largest absolute Gasteiger partial charge is 0.504 e. The number of hydrogen-bond acceptors (Lipinski definition) is 6. The molecule has 0 spiro atoms. The molecule has 21 heavy (non-hydrogen) atoms. The van der Waals surface area contributed by atoms with Gasteiger partial charge in [0, 0.05) is 23.9 Å². The summed E-state index contributed by atoms with van der Waals surface area (Å²) in [5, 5.41) is 33.0. The Labute approximate surface area is 120 Å². The van der Waals surface area contributed by atoms with Crippen molar-refractivity contribution in [1.82, 2.24) is 0 Å². The Hall–Kier alpha value is -2.96. The maximum absolute atomic E-state index is 10.9. The van der Waals surface area contributed by atoms with Crippen LogP contribution in [0, 0.1) is 10.1 Å². The molecule has 0 radical (unpaired) electrons. The van der Waals surface area contributed by atoms with Gasteiger partial charge < -0.3 is 20.3 Å². The van der Waals surface area contributed by atoms with Crippen LogP contribution in [-0.4, -0.2) is 22.2 Å². The van der Waals surface area contributed by atoms with Gasteiger partial charge in [0.25, 0.3) is 0 Å². The molecule has 0 atom stereocenters. The number of hydrogen-bond donors (Lipinski definition) is 3. The van der Waals surface area contributed by atoms with Gasteiger partial charge in [0.05, 0.1) is 12.0 Å². The average molecular weight is 290 g/mol. The van der Waals surface area contributed by atoms with E-state index in [0.717, 1.165) is 0 Å². The molecule has 7 heteroatoms. The minimum absolute atomic E-state index is 0.150. The minimum Gasteiger partial charge on any atom is -0.504 e. The van der Waals surface area contributed by atoms with Gasteiger partial charge in [-0.25, -0.2) is 0 Å². The first-order chi connectivity index (χ1) is 10.0. The van der Waals surface area contributed by atoms with Gasteiger partial charge in [-0.2, -0.15) is 0 Å². The molecule has 7 nitrogen and oxygen atoms in total. The molecule has 0 aromatic heterocycles. The molecule has 2 rings (SSSR count). The van der Waals surface area contributed by atoms with Crippen molar-refractivity contribution in [2.24, 2.45) is 0 Å². The quantitative estimate of drug-likeness (QED) is 0.444. The summed E-state index contributed by atoms with van der Waals surface area (Å²) < 4.78 is 4.92. The number of nitro groups is 1. The molecule has 0 aliphatic carbocycles. The van der Waals surface area contributed by atoms with Crippen molar-refractivity contribution in [3.63, 3.8) is 0 Å². The number of anilines is 1. The Morgan fingerprint density at radius 3 is 2.71 bits per heavy atom. The molecule has 2 aromatic rings. The summed E-state index contributed by atoms with van der Waals surface area (Å²) in [6, 6.07) is 9.08. The Morgan fingerprint density at radius 1 is 1.29 bits per heavy atom. The summed E-state index contributed by atoms with van der Waals surface area (Å²) in [6.45, 7) is 0.212. The van der Waals surface area contributed by atoms with Crippen LogP contribution in [0.5, 0.6) is 17.2 Å². The first-order valence-corrected chi connectivity index (χ1v) is 6.09. The first kappa shape index (κ1) is 14.4. The number of phenolic OH excluding ortho intramolecular Hbond substituents is 2. The molecule has 2 aromatic carbocycles. The highest BCUT2D eigenvalue weighted by Crippen LogP contribution is 2.31. The van der Waals surface area contributed by atoms with E-state index in [0.29, 0.717) is 11.3 Å². The lowest BCUT2D eigenvalue weighted by Gasteiger charge is -2.10. The van der Waals surface area contributed by atoms with Crippen LogP contribution < -0.4 is 10.1 Å². The second kappa shape index (κ2) is 6.00. The number of nitro benzene ring substituents is 1. The molecule has 0 fully saturated rings. The Kier molecular flexibility index (Phi) is 4.13. The predicted molar refractivity (Wildman–Crippen MR) is 76.7 cm³/mol. The van der Waals surface area contributed by atoms with Crippen LogP contribution in [0.4, 0.5) is 11.4 Å². The molecular formula is C14H14N2O5. The number of benzene rings is 2. The van der Waals surface area contributed by atoms with Crippen LogP contribution >= 0.6 is 0 Å². The number of phenols is 2. The van der Waals surface area contributed by atoms with Crippen molar-refractivity contribution in [1.29, 1.82) is 0 Å². The number of para-hydroxylation sites is 1. The lowest BCUT2D eigenvalue weighted by atomic mass is 10.1. The number of methoxy groups -OCH3 is 1. The minimum atomic E-state index is -0.532. The van der Waals surface area contributed by atoms with Crippen LogP contribution in [0.15, 0.2) is 36.4 Å². The van der Waals surface area contributed by atoms with Crippen LogP contribution in [0.2, 0.25) is 0 Å². The third-order valence-corrected chi connectivity index (χ3v) is 2.96. The fourth-order valence-electron chi connectivity index (χ4n) is 1.86. The van der Waals surface area contributed by atoms with E-state index in [4.69, 9.17) is 4.74 Å².